The van der Waals surface area contributed by atoms with Crippen molar-refractivity contribution in [2.24, 2.45) is 0 Å². The molecular formula is C15H20N4. The van der Waals surface area contributed by atoms with Crippen LogP contribution >= 0.6 is 0 Å². The molecule has 0 radical (unpaired) electrons. The summed E-state index contributed by atoms with van der Waals surface area (Å²) in [5.74, 6) is 1.61. The number of aromatic nitrogens is 2. The normalized spacial score (nSPS) is 10.2. The zero-order valence-electron chi connectivity index (χ0n) is 11.5. The van der Waals surface area contributed by atoms with Crippen LogP contribution in [0.5, 0.6) is 0 Å². The van der Waals surface area contributed by atoms with Crippen molar-refractivity contribution in [3.8, 4) is 0 Å². The molecule has 2 rings (SSSR count). The summed E-state index contributed by atoms with van der Waals surface area (Å²) in [5, 5.41) is 6.51. The van der Waals surface area contributed by atoms with Crippen molar-refractivity contribution in [2.45, 2.75) is 26.8 Å². The van der Waals surface area contributed by atoms with Crippen molar-refractivity contribution in [1.29, 1.82) is 0 Å². The molecule has 2 N–H and O–H groups in total. The Bertz CT molecular complexity index is 508. The molecule has 1 heterocycles. The summed E-state index contributed by atoms with van der Waals surface area (Å²) in [4.78, 5) is 8.63. The summed E-state index contributed by atoms with van der Waals surface area (Å²) >= 11 is 0. The zero-order chi connectivity index (χ0) is 13.5. The van der Waals surface area contributed by atoms with Gasteiger partial charge in [-0.15, -0.1) is 0 Å². The van der Waals surface area contributed by atoms with Crippen LogP contribution in [-0.4, -0.2) is 16.5 Å². The Labute approximate surface area is 114 Å². The first-order valence-corrected chi connectivity index (χ1v) is 6.63. The Kier molecular flexibility index (Phi) is 4.72. The van der Waals surface area contributed by atoms with Crippen molar-refractivity contribution in [3.63, 3.8) is 0 Å². The molecular weight excluding hydrogens is 236 g/mol. The number of benzene rings is 1. The molecule has 4 heteroatoms. The zero-order valence-corrected chi connectivity index (χ0v) is 11.5. The van der Waals surface area contributed by atoms with Crippen LogP contribution in [0.3, 0.4) is 0 Å². The molecule has 0 aliphatic carbocycles. The molecule has 0 aliphatic heterocycles. The smallest absolute Gasteiger partial charge is 0.147 e. The van der Waals surface area contributed by atoms with Crippen molar-refractivity contribution < 1.29 is 0 Å². The summed E-state index contributed by atoms with van der Waals surface area (Å²) in [6.07, 6.45) is 4.56. The van der Waals surface area contributed by atoms with E-state index in [-0.39, 0.29) is 0 Å². The molecule has 4 nitrogen and oxygen atoms in total. The molecule has 0 unspecified atom stereocenters. The molecule has 0 bridgehead atoms. The maximum atomic E-state index is 4.46. The minimum absolute atomic E-state index is 0.756. The van der Waals surface area contributed by atoms with Crippen LogP contribution in [0, 0.1) is 6.92 Å². The number of hydrogen-bond acceptors (Lipinski definition) is 4. The summed E-state index contributed by atoms with van der Waals surface area (Å²) in [6.45, 7) is 5.88. The molecule has 1 aromatic heterocycles. The second kappa shape index (κ2) is 6.73. The van der Waals surface area contributed by atoms with E-state index in [0.717, 1.165) is 31.1 Å². The standard InChI is InChI=1S/C15H20N4/c1-3-8-17-14-10-16-11-15(19-14)18-9-13-6-4-12(2)5-7-13/h4-7,10-11H,3,8-9H2,1-2H3,(H2,17,18,19). The fourth-order valence-corrected chi connectivity index (χ4v) is 1.69. The maximum absolute atomic E-state index is 4.46. The van der Waals surface area contributed by atoms with Gasteiger partial charge in [0.25, 0.3) is 0 Å². The largest absolute Gasteiger partial charge is 0.369 e. The molecule has 0 aliphatic rings. The van der Waals surface area contributed by atoms with Gasteiger partial charge in [0, 0.05) is 13.1 Å². The highest BCUT2D eigenvalue weighted by atomic mass is 15.1. The van der Waals surface area contributed by atoms with Crippen LogP contribution in [-0.2, 0) is 6.54 Å². The molecule has 0 atom stereocenters. The molecule has 1 aromatic carbocycles. The Hall–Kier alpha value is -2.10. The van der Waals surface area contributed by atoms with E-state index in [4.69, 9.17) is 0 Å². The Morgan fingerprint density at radius 3 is 2.37 bits per heavy atom. The van der Waals surface area contributed by atoms with E-state index < -0.39 is 0 Å². The van der Waals surface area contributed by atoms with Crippen molar-refractivity contribution >= 4 is 11.6 Å². The first-order chi connectivity index (χ1) is 9.28. The van der Waals surface area contributed by atoms with Gasteiger partial charge in [-0.05, 0) is 18.9 Å². The Morgan fingerprint density at radius 1 is 1.00 bits per heavy atom. The minimum Gasteiger partial charge on any atom is -0.369 e. The van der Waals surface area contributed by atoms with Crippen LogP contribution in [0.4, 0.5) is 11.6 Å². The molecule has 0 saturated heterocycles. The van der Waals surface area contributed by atoms with E-state index in [2.05, 4.69) is 58.7 Å². The lowest BCUT2D eigenvalue weighted by atomic mass is 10.1. The molecule has 0 fully saturated rings. The lowest BCUT2D eigenvalue weighted by Crippen LogP contribution is -2.06. The molecule has 100 valence electrons. The van der Waals surface area contributed by atoms with E-state index in [1.54, 1.807) is 12.4 Å². The van der Waals surface area contributed by atoms with E-state index in [0.29, 0.717) is 0 Å². The lowest BCUT2D eigenvalue weighted by molar-refractivity contribution is 0.962. The number of hydrogen-bond donors (Lipinski definition) is 2. The van der Waals surface area contributed by atoms with E-state index in [1.807, 2.05) is 0 Å². The fraction of sp³-hybridized carbons (Fsp3) is 0.333. The maximum Gasteiger partial charge on any atom is 0.147 e. The highest BCUT2D eigenvalue weighted by Gasteiger charge is 1.98. The second-order valence-corrected chi connectivity index (χ2v) is 4.56. The number of anilines is 2. The number of nitrogens with zero attached hydrogens (tertiary/aromatic N) is 2. The van der Waals surface area contributed by atoms with Gasteiger partial charge in [-0.1, -0.05) is 36.8 Å². The molecule has 0 spiro atoms. The minimum atomic E-state index is 0.756. The topological polar surface area (TPSA) is 49.8 Å². The fourth-order valence-electron chi connectivity index (χ4n) is 1.69. The quantitative estimate of drug-likeness (QED) is 0.833. The number of nitrogens with one attached hydrogen (secondary N) is 2. The van der Waals surface area contributed by atoms with Gasteiger partial charge in [0.05, 0.1) is 12.4 Å². The number of aryl methyl sites for hydroxylation is 1. The van der Waals surface area contributed by atoms with Crippen molar-refractivity contribution in [3.05, 3.63) is 47.8 Å². The van der Waals surface area contributed by atoms with Crippen molar-refractivity contribution in [2.75, 3.05) is 17.2 Å². The van der Waals surface area contributed by atoms with Gasteiger partial charge >= 0.3 is 0 Å². The van der Waals surface area contributed by atoms with Gasteiger partial charge in [0.15, 0.2) is 0 Å². The highest BCUT2D eigenvalue weighted by molar-refractivity contribution is 5.42. The van der Waals surface area contributed by atoms with Gasteiger partial charge in [-0.25, -0.2) is 4.98 Å². The van der Waals surface area contributed by atoms with Gasteiger partial charge in [-0.3, -0.25) is 4.98 Å². The third kappa shape index (κ3) is 4.25. The van der Waals surface area contributed by atoms with Gasteiger partial charge < -0.3 is 10.6 Å². The SMILES string of the molecule is CCCNc1cncc(NCc2ccc(C)cc2)n1. The van der Waals surface area contributed by atoms with Crippen LogP contribution in [0.15, 0.2) is 36.7 Å². The third-order valence-corrected chi connectivity index (χ3v) is 2.78. The summed E-state index contributed by atoms with van der Waals surface area (Å²) < 4.78 is 0. The molecule has 2 aromatic rings. The van der Waals surface area contributed by atoms with Crippen molar-refractivity contribution in [1.82, 2.24) is 9.97 Å². The second-order valence-electron chi connectivity index (χ2n) is 4.56. The Balaban J connectivity index is 1.93. The predicted molar refractivity (Wildman–Crippen MR) is 79.3 cm³/mol. The average Bonchev–Trinajstić information content (AvgIpc) is 2.45. The van der Waals surface area contributed by atoms with E-state index in [9.17, 15) is 0 Å². The van der Waals surface area contributed by atoms with Gasteiger partial charge in [0.2, 0.25) is 0 Å². The van der Waals surface area contributed by atoms with Gasteiger partial charge in [0.1, 0.15) is 11.6 Å². The van der Waals surface area contributed by atoms with Crippen LogP contribution in [0.1, 0.15) is 24.5 Å². The first-order valence-electron chi connectivity index (χ1n) is 6.63. The molecule has 0 saturated carbocycles. The molecule has 0 amide bonds. The van der Waals surface area contributed by atoms with Crippen LogP contribution in [0.2, 0.25) is 0 Å². The highest BCUT2D eigenvalue weighted by Crippen LogP contribution is 2.09. The van der Waals surface area contributed by atoms with E-state index >= 15 is 0 Å². The predicted octanol–water partition coefficient (Wildman–Crippen LogP) is 3.22. The third-order valence-electron chi connectivity index (χ3n) is 2.78. The summed E-state index contributed by atoms with van der Waals surface area (Å²) in [7, 11) is 0. The van der Waals surface area contributed by atoms with Crippen LogP contribution in [0.25, 0.3) is 0 Å². The molecule has 19 heavy (non-hydrogen) atoms. The summed E-state index contributed by atoms with van der Waals surface area (Å²) in [6, 6.07) is 8.47. The van der Waals surface area contributed by atoms with Gasteiger partial charge in [-0.2, -0.15) is 0 Å². The summed E-state index contributed by atoms with van der Waals surface area (Å²) in [5.41, 5.74) is 2.51. The lowest BCUT2D eigenvalue weighted by Gasteiger charge is -2.08. The monoisotopic (exact) mass is 256 g/mol. The first kappa shape index (κ1) is 13.3. The Morgan fingerprint density at radius 2 is 1.68 bits per heavy atom. The number of rotatable bonds is 6. The average molecular weight is 256 g/mol. The van der Waals surface area contributed by atoms with Crippen LogP contribution < -0.4 is 10.6 Å². The van der Waals surface area contributed by atoms with E-state index in [1.165, 1.54) is 11.1 Å².